The smallest absolute Gasteiger partial charge is 0.132 e. The number of aromatic nitrogens is 2. The molecule has 0 bridgehead atoms. The molecule has 0 aliphatic carbocycles. The van der Waals surface area contributed by atoms with Gasteiger partial charge in [-0.3, -0.25) is 0 Å². The Kier molecular flexibility index (Phi) is 3.49. The minimum absolute atomic E-state index is 0.240. The van der Waals surface area contributed by atoms with Crippen LogP contribution in [-0.4, -0.2) is 29.3 Å². The lowest BCUT2D eigenvalue weighted by atomic mass is 9.99. The molecule has 0 radical (unpaired) electrons. The molecule has 16 heavy (non-hydrogen) atoms. The molecule has 4 heteroatoms. The quantitative estimate of drug-likeness (QED) is 0.722. The summed E-state index contributed by atoms with van der Waals surface area (Å²) in [5.74, 6) is 1.24. The summed E-state index contributed by atoms with van der Waals surface area (Å²) < 4.78 is 0. The third-order valence-corrected chi connectivity index (χ3v) is 3.13. The Balaban J connectivity index is 2.04. The van der Waals surface area contributed by atoms with Crippen LogP contribution in [0.3, 0.4) is 0 Å². The Labute approximate surface area is 95.7 Å². The molecule has 2 heterocycles. The maximum atomic E-state index is 10.7. The monoisotopic (exact) mass is 219 g/mol. The predicted octanol–water partition coefficient (Wildman–Crippen LogP) is 1.45. The largest absolute Gasteiger partial charge is 0.356 e. The van der Waals surface area contributed by atoms with Gasteiger partial charge in [0, 0.05) is 30.8 Å². The molecule has 1 aromatic heterocycles. The van der Waals surface area contributed by atoms with Gasteiger partial charge in [0.15, 0.2) is 0 Å². The molecule has 0 atom stereocenters. The molecule has 1 aliphatic rings. The predicted molar refractivity (Wildman–Crippen MR) is 62.4 cm³/mol. The number of anilines is 1. The summed E-state index contributed by atoms with van der Waals surface area (Å²) in [4.78, 5) is 21.4. The topological polar surface area (TPSA) is 46.1 Å². The van der Waals surface area contributed by atoms with E-state index >= 15 is 0 Å². The first-order valence-corrected chi connectivity index (χ1v) is 5.84. The molecule has 1 aromatic rings. The molecule has 0 N–H and O–H groups in total. The summed E-state index contributed by atoms with van der Waals surface area (Å²) in [6.07, 6.45) is 5.51. The van der Waals surface area contributed by atoms with Gasteiger partial charge in [-0.05, 0) is 19.3 Å². The van der Waals surface area contributed by atoms with Gasteiger partial charge in [0.2, 0.25) is 0 Å². The zero-order chi connectivity index (χ0) is 11.4. The summed E-state index contributed by atoms with van der Waals surface area (Å²) in [6.45, 7) is 3.93. The minimum atomic E-state index is 0.240. The number of hydrogen-bond donors (Lipinski definition) is 0. The van der Waals surface area contributed by atoms with Crippen molar-refractivity contribution in [3.05, 3.63) is 18.1 Å². The molecule has 2 rings (SSSR count). The molecule has 0 spiro atoms. The zero-order valence-corrected chi connectivity index (χ0v) is 9.59. The molecule has 4 nitrogen and oxygen atoms in total. The summed E-state index contributed by atoms with van der Waals surface area (Å²) >= 11 is 0. The number of carbonyl (C=O) groups excluding carboxylic acids is 1. The normalized spacial score (nSPS) is 17.4. The molecule has 1 saturated heterocycles. The minimum Gasteiger partial charge on any atom is -0.356 e. The van der Waals surface area contributed by atoms with Gasteiger partial charge in [-0.1, -0.05) is 6.92 Å². The maximum absolute atomic E-state index is 10.7. The van der Waals surface area contributed by atoms with E-state index in [0.717, 1.165) is 50.1 Å². The summed E-state index contributed by atoms with van der Waals surface area (Å²) in [5.41, 5.74) is 1.07. The highest BCUT2D eigenvalue weighted by molar-refractivity contribution is 5.54. The van der Waals surface area contributed by atoms with Crippen LogP contribution in [0.25, 0.3) is 0 Å². The van der Waals surface area contributed by atoms with Gasteiger partial charge in [-0.2, -0.15) is 0 Å². The third-order valence-electron chi connectivity index (χ3n) is 3.13. The second kappa shape index (κ2) is 5.05. The van der Waals surface area contributed by atoms with Crippen LogP contribution in [-0.2, 0) is 11.2 Å². The first-order chi connectivity index (χ1) is 7.83. The summed E-state index contributed by atoms with van der Waals surface area (Å²) in [7, 11) is 0. The average molecular weight is 219 g/mol. The van der Waals surface area contributed by atoms with Crippen LogP contribution in [0, 0.1) is 5.92 Å². The number of aryl methyl sites for hydroxylation is 1. The lowest BCUT2D eigenvalue weighted by Gasteiger charge is -2.30. The van der Waals surface area contributed by atoms with E-state index in [9.17, 15) is 4.79 Å². The number of carbonyl (C=O) groups is 1. The molecule has 86 valence electrons. The van der Waals surface area contributed by atoms with Gasteiger partial charge in [0.1, 0.15) is 18.4 Å². The molecule has 0 unspecified atom stereocenters. The fraction of sp³-hybridized carbons (Fsp3) is 0.583. The van der Waals surface area contributed by atoms with Gasteiger partial charge < -0.3 is 9.69 Å². The molecule has 1 fully saturated rings. The van der Waals surface area contributed by atoms with Crippen molar-refractivity contribution >= 4 is 12.1 Å². The second-order valence-electron chi connectivity index (χ2n) is 4.18. The van der Waals surface area contributed by atoms with Crippen molar-refractivity contribution in [2.45, 2.75) is 26.2 Å². The molecular formula is C12H17N3O. The fourth-order valence-electron chi connectivity index (χ4n) is 2.02. The zero-order valence-electron chi connectivity index (χ0n) is 9.59. The van der Waals surface area contributed by atoms with E-state index in [1.807, 2.05) is 6.07 Å². The SMILES string of the molecule is CCc1cc(N2CCC(C=O)CC2)ncn1. The highest BCUT2D eigenvalue weighted by atomic mass is 16.1. The van der Waals surface area contributed by atoms with Crippen LogP contribution in [0.4, 0.5) is 5.82 Å². The van der Waals surface area contributed by atoms with Crippen molar-refractivity contribution in [3.8, 4) is 0 Å². The Bertz CT molecular complexity index is 359. The van der Waals surface area contributed by atoms with Gasteiger partial charge in [-0.15, -0.1) is 0 Å². The Morgan fingerprint density at radius 3 is 2.81 bits per heavy atom. The van der Waals surface area contributed by atoms with Crippen LogP contribution in [0.1, 0.15) is 25.5 Å². The van der Waals surface area contributed by atoms with Crippen LogP contribution < -0.4 is 4.90 Å². The summed E-state index contributed by atoms with van der Waals surface area (Å²) in [5, 5.41) is 0. The molecule has 0 amide bonds. The first kappa shape index (κ1) is 11.0. The highest BCUT2D eigenvalue weighted by Crippen LogP contribution is 2.20. The third kappa shape index (κ3) is 2.38. The lowest BCUT2D eigenvalue weighted by Crippen LogP contribution is -2.34. The Hall–Kier alpha value is -1.45. The molecular weight excluding hydrogens is 202 g/mol. The highest BCUT2D eigenvalue weighted by Gasteiger charge is 2.19. The van der Waals surface area contributed by atoms with Gasteiger partial charge in [0.25, 0.3) is 0 Å². The van der Waals surface area contributed by atoms with E-state index in [-0.39, 0.29) is 5.92 Å². The van der Waals surface area contributed by atoms with E-state index in [4.69, 9.17) is 0 Å². The van der Waals surface area contributed by atoms with Gasteiger partial charge >= 0.3 is 0 Å². The number of piperidine rings is 1. The number of rotatable bonds is 3. The Morgan fingerprint density at radius 1 is 1.44 bits per heavy atom. The van der Waals surface area contributed by atoms with Crippen molar-refractivity contribution in [2.75, 3.05) is 18.0 Å². The Morgan fingerprint density at radius 2 is 2.19 bits per heavy atom. The van der Waals surface area contributed by atoms with Crippen molar-refractivity contribution < 1.29 is 4.79 Å². The van der Waals surface area contributed by atoms with Crippen molar-refractivity contribution in [1.29, 1.82) is 0 Å². The van der Waals surface area contributed by atoms with E-state index < -0.39 is 0 Å². The van der Waals surface area contributed by atoms with E-state index in [2.05, 4.69) is 21.8 Å². The standard InChI is InChI=1S/C12H17N3O/c1-2-11-7-12(14-9-13-11)15-5-3-10(8-16)4-6-15/h7-10H,2-6H2,1H3. The number of aldehydes is 1. The number of nitrogens with zero attached hydrogens (tertiary/aromatic N) is 3. The first-order valence-electron chi connectivity index (χ1n) is 5.84. The van der Waals surface area contributed by atoms with E-state index in [1.165, 1.54) is 0 Å². The molecule has 0 saturated carbocycles. The van der Waals surface area contributed by atoms with Crippen molar-refractivity contribution in [2.24, 2.45) is 5.92 Å². The van der Waals surface area contributed by atoms with Crippen LogP contribution in [0.2, 0.25) is 0 Å². The lowest BCUT2D eigenvalue weighted by molar-refractivity contribution is -0.111. The molecule has 1 aliphatic heterocycles. The van der Waals surface area contributed by atoms with Crippen molar-refractivity contribution in [3.63, 3.8) is 0 Å². The van der Waals surface area contributed by atoms with Gasteiger partial charge in [-0.25, -0.2) is 9.97 Å². The van der Waals surface area contributed by atoms with Crippen LogP contribution >= 0.6 is 0 Å². The average Bonchev–Trinajstić information content (AvgIpc) is 2.39. The maximum Gasteiger partial charge on any atom is 0.132 e. The van der Waals surface area contributed by atoms with Gasteiger partial charge in [0.05, 0.1) is 0 Å². The van der Waals surface area contributed by atoms with E-state index in [1.54, 1.807) is 6.33 Å². The molecule has 0 aromatic carbocycles. The van der Waals surface area contributed by atoms with Crippen LogP contribution in [0.15, 0.2) is 12.4 Å². The summed E-state index contributed by atoms with van der Waals surface area (Å²) in [6, 6.07) is 2.04. The second-order valence-corrected chi connectivity index (χ2v) is 4.18. The van der Waals surface area contributed by atoms with Crippen molar-refractivity contribution in [1.82, 2.24) is 9.97 Å². The van der Waals surface area contributed by atoms with Crippen LogP contribution in [0.5, 0.6) is 0 Å². The fourth-order valence-corrected chi connectivity index (χ4v) is 2.02. The number of hydrogen-bond acceptors (Lipinski definition) is 4. The van der Waals surface area contributed by atoms with E-state index in [0.29, 0.717) is 0 Å².